The van der Waals surface area contributed by atoms with E-state index in [1.54, 1.807) is 0 Å². The highest BCUT2D eigenvalue weighted by atomic mass is 16.2. The van der Waals surface area contributed by atoms with E-state index in [-0.39, 0.29) is 23.5 Å². The van der Waals surface area contributed by atoms with Gasteiger partial charge in [-0.05, 0) is 13.3 Å². The molecule has 0 saturated heterocycles. The number of nitrogens with zero attached hydrogens (tertiary/aromatic N) is 2. The standard InChI is InChI=1S/C9H14N4O/c1-3-6(2)13-9(14)7-8(10)12-5-4-11-7/h4-6H,3H2,1-2H3,(H2,10,12)(H,13,14). The second-order valence-corrected chi connectivity index (χ2v) is 3.07. The molecular formula is C9H14N4O. The molecule has 76 valence electrons. The summed E-state index contributed by atoms with van der Waals surface area (Å²) in [5.41, 5.74) is 5.69. The number of nitrogen functional groups attached to an aromatic ring is 1. The third kappa shape index (κ3) is 2.42. The van der Waals surface area contributed by atoms with E-state index < -0.39 is 0 Å². The first-order valence-corrected chi connectivity index (χ1v) is 4.52. The summed E-state index contributed by atoms with van der Waals surface area (Å²) in [4.78, 5) is 19.2. The molecular weight excluding hydrogens is 180 g/mol. The minimum absolute atomic E-state index is 0.115. The maximum atomic E-state index is 11.5. The summed E-state index contributed by atoms with van der Waals surface area (Å²) in [5.74, 6) is -0.113. The first-order valence-electron chi connectivity index (χ1n) is 4.52. The number of hydrogen-bond donors (Lipinski definition) is 2. The molecule has 0 aliphatic heterocycles. The van der Waals surface area contributed by atoms with Gasteiger partial charge in [0.2, 0.25) is 0 Å². The van der Waals surface area contributed by atoms with Crippen molar-refractivity contribution in [2.24, 2.45) is 0 Å². The number of aromatic nitrogens is 2. The molecule has 0 radical (unpaired) electrons. The highest BCUT2D eigenvalue weighted by Crippen LogP contribution is 2.03. The van der Waals surface area contributed by atoms with Crippen molar-refractivity contribution in [2.75, 3.05) is 5.73 Å². The van der Waals surface area contributed by atoms with Crippen molar-refractivity contribution in [1.29, 1.82) is 0 Å². The van der Waals surface area contributed by atoms with Gasteiger partial charge in [-0.3, -0.25) is 4.79 Å². The molecule has 0 aliphatic carbocycles. The van der Waals surface area contributed by atoms with Gasteiger partial charge in [0.15, 0.2) is 11.5 Å². The van der Waals surface area contributed by atoms with Crippen LogP contribution in [0.25, 0.3) is 0 Å². The lowest BCUT2D eigenvalue weighted by atomic mass is 10.2. The molecule has 0 saturated carbocycles. The van der Waals surface area contributed by atoms with E-state index in [0.717, 1.165) is 6.42 Å². The number of carbonyl (C=O) groups excluding carboxylic acids is 1. The first-order chi connectivity index (χ1) is 6.65. The van der Waals surface area contributed by atoms with E-state index in [2.05, 4.69) is 15.3 Å². The minimum Gasteiger partial charge on any atom is -0.382 e. The quantitative estimate of drug-likeness (QED) is 0.737. The second-order valence-electron chi connectivity index (χ2n) is 3.07. The van der Waals surface area contributed by atoms with E-state index in [9.17, 15) is 4.79 Å². The minimum atomic E-state index is -0.273. The molecule has 1 aromatic rings. The summed E-state index contributed by atoms with van der Waals surface area (Å²) in [6.45, 7) is 3.91. The van der Waals surface area contributed by atoms with Crippen LogP contribution in [-0.4, -0.2) is 21.9 Å². The number of anilines is 1. The molecule has 1 rings (SSSR count). The van der Waals surface area contributed by atoms with E-state index in [4.69, 9.17) is 5.73 Å². The van der Waals surface area contributed by atoms with E-state index in [1.807, 2.05) is 13.8 Å². The Hall–Kier alpha value is -1.65. The number of amides is 1. The Kier molecular flexibility index (Phi) is 3.39. The number of nitrogens with two attached hydrogens (primary N) is 1. The van der Waals surface area contributed by atoms with Crippen LogP contribution < -0.4 is 11.1 Å². The molecule has 5 nitrogen and oxygen atoms in total. The van der Waals surface area contributed by atoms with Crippen LogP contribution >= 0.6 is 0 Å². The lowest BCUT2D eigenvalue weighted by Crippen LogP contribution is -2.33. The summed E-state index contributed by atoms with van der Waals surface area (Å²) >= 11 is 0. The van der Waals surface area contributed by atoms with Gasteiger partial charge in [0.25, 0.3) is 5.91 Å². The van der Waals surface area contributed by atoms with E-state index in [0.29, 0.717) is 0 Å². The highest BCUT2D eigenvalue weighted by Gasteiger charge is 2.13. The van der Waals surface area contributed by atoms with Gasteiger partial charge in [-0.2, -0.15) is 0 Å². The number of nitrogens with one attached hydrogen (secondary N) is 1. The van der Waals surface area contributed by atoms with Crippen molar-refractivity contribution in [1.82, 2.24) is 15.3 Å². The first kappa shape index (κ1) is 10.4. The average molecular weight is 194 g/mol. The smallest absolute Gasteiger partial charge is 0.273 e. The van der Waals surface area contributed by atoms with Gasteiger partial charge in [-0.15, -0.1) is 0 Å². The lowest BCUT2D eigenvalue weighted by Gasteiger charge is -2.10. The van der Waals surface area contributed by atoms with Gasteiger partial charge >= 0.3 is 0 Å². The summed E-state index contributed by atoms with van der Waals surface area (Å²) in [6.07, 6.45) is 3.77. The van der Waals surface area contributed by atoms with Crippen molar-refractivity contribution >= 4 is 11.7 Å². The van der Waals surface area contributed by atoms with Crippen LogP contribution in [0, 0.1) is 0 Å². The predicted molar refractivity (Wildman–Crippen MR) is 53.7 cm³/mol. The number of rotatable bonds is 3. The molecule has 0 aliphatic rings. The summed E-state index contributed by atoms with van der Waals surface area (Å²) in [5, 5.41) is 2.77. The van der Waals surface area contributed by atoms with Gasteiger partial charge < -0.3 is 11.1 Å². The zero-order valence-corrected chi connectivity index (χ0v) is 8.32. The fraction of sp³-hybridized carbons (Fsp3) is 0.444. The van der Waals surface area contributed by atoms with E-state index >= 15 is 0 Å². The van der Waals surface area contributed by atoms with Gasteiger partial charge in [-0.25, -0.2) is 9.97 Å². The molecule has 1 amide bonds. The molecule has 14 heavy (non-hydrogen) atoms. The Bertz CT molecular complexity index is 326. The molecule has 1 atom stereocenters. The Morgan fingerprint density at radius 1 is 1.57 bits per heavy atom. The summed E-state index contributed by atoms with van der Waals surface area (Å²) in [7, 11) is 0. The van der Waals surface area contributed by atoms with Crippen molar-refractivity contribution in [3.05, 3.63) is 18.1 Å². The monoisotopic (exact) mass is 194 g/mol. The molecule has 0 spiro atoms. The third-order valence-corrected chi connectivity index (χ3v) is 1.93. The number of hydrogen-bond acceptors (Lipinski definition) is 4. The van der Waals surface area contributed by atoms with Crippen LogP contribution in [0.15, 0.2) is 12.4 Å². The van der Waals surface area contributed by atoms with Crippen LogP contribution in [0.3, 0.4) is 0 Å². The molecule has 1 unspecified atom stereocenters. The molecule has 0 fully saturated rings. The Morgan fingerprint density at radius 3 is 2.79 bits per heavy atom. The van der Waals surface area contributed by atoms with E-state index in [1.165, 1.54) is 12.4 Å². The van der Waals surface area contributed by atoms with Crippen LogP contribution in [-0.2, 0) is 0 Å². The molecule has 1 heterocycles. The fourth-order valence-corrected chi connectivity index (χ4v) is 0.918. The fourth-order valence-electron chi connectivity index (χ4n) is 0.918. The van der Waals surface area contributed by atoms with Crippen molar-refractivity contribution in [2.45, 2.75) is 26.3 Å². The van der Waals surface area contributed by atoms with Gasteiger partial charge in [0.05, 0.1) is 0 Å². The zero-order valence-electron chi connectivity index (χ0n) is 8.32. The van der Waals surface area contributed by atoms with Crippen LogP contribution in [0.5, 0.6) is 0 Å². The number of carbonyl (C=O) groups is 1. The largest absolute Gasteiger partial charge is 0.382 e. The zero-order chi connectivity index (χ0) is 10.6. The van der Waals surface area contributed by atoms with Gasteiger partial charge in [0.1, 0.15) is 0 Å². The average Bonchev–Trinajstić information content (AvgIpc) is 2.18. The van der Waals surface area contributed by atoms with Crippen LogP contribution in [0.4, 0.5) is 5.82 Å². The molecule has 3 N–H and O–H groups in total. The highest BCUT2D eigenvalue weighted by molar-refractivity contribution is 5.96. The van der Waals surface area contributed by atoms with Crippen molar-refractivity contribution in [3.63, 3.8) is 0 Å². The van der Waals surface area contributed by atoms with Crippen molar-refractivity contribution < 1.29 is 4.79 Å². The summed E-state index contributed by atoms with van der Waals surface area (Å²) < 4.78 is 0. The molecule has 0 aromatic carbocycles. The topological polar surface area (TPSA) is 80.9 Å². The summed E-state index contributed by atoms with van der Waals surface area (Å²) in [6, 6.07) is 0.115. The Labute approximate surface area is 82.7 Å². The predicted octanol–water partition coefficient (Wildman–Crippen LogP) is 0.587. The third-order valence-electron chi connectivity index (χ3n) is 1.93. The molecule has 5 heteroatoms. The normalized spacial score (nSPS) is 12.1. The van der Waals surface area contributed by atoms with Crippen molar-refractivity contribution in [3.8, 4) is 0 Å². The maximum Gasteiger partial charge on any atom is 0.273 e. The lowest BCUT2D eigenvalue weighted by molar-refractivity contribution is 0.0935. The second kappa shape index (κ2) is 4.55. The maximum absolute atomic E-state index is 11.5. The van der Waals surface area contributed by atoms with Crippen LogP contribution in [0.1, 0.15) is 30.8 Å². The SMILES string of the molecule is CCC(C)NC(=O)c1nccnc1N. The van der Waals surface area contributed by atoms with Crippen LogP contribution in [0.2, 0.25) is 0 Å². The Balaban J connectivity index is 2.75. The van der Waals surface area contributed by atoms with Gasteiger partial charge in [0, 0.05) is 18.4 Å². The molecule has 0 bridgehead atoms. The van der Waals surface area contributed by atoms with Gasteiger partial charge in [-0.1, -0.05) is 6.92 Å². The molecule has 1 aromatic heterocycles. The Morgan fingerprint density at radius 2 is 2.21 bits per heavy atom.